The molecule has 2 aliphatic rings. The molecular weight excluding hydrogens is 444 g/mol. The summed E-state index contributed by atoms with van der Waals surface area (Å²) < 4.78 is 32.6. The first-order chi connectivity index (χ1) is 16.6. The van der Waals surface area contributed by atoms with Gasteiger partial charge in [-0.2, -0.15) is 10.2 Å². The number of aromatic nitrogens is 5. The van der Waals surface area contributed by atoms with Crippen molar-refractivity contribution < 1.29 is 18.3 Å². The van der Waals surface area contributed by atoms with E-state index in [1.54, 1.807) is 12.3 Å². The van der Waals surface area contributed by atoms with Crippen LogP contribution in [0.4, 0.5) is 20.3 Å². The summed E-state index contributed by atoms with van der Waals surface area (Å²) >= 11 is 0. The lowest BCUT2D eigenvalue weighted by Crippen LogP contribution is -2.36. The highest BCUT2D eigenvalue weighted by Gasteiger charge is 2.21. The minimum absolute atomic E-state index is 0.0753. The number of halogens is 2. The minimum Gasteiger partial charge on any atom is -0.378 e. The van der Waals surface area contributed by atoms with Crippen LogP contribution < -0.4 is 10.2 Å². The Morgan fingerprint density at radius 3 is 2.68 bits per heavy atom. The topological polar surface area (TPSA) is 100 Å². The van der Waals surface area contributed by atoms with Crippen LogP contribution >= 0.6 is 0 Å². The zero-order valence-electron chi connectivity index (χ0n) is 19.3. The second-order valence-corrected chi connectivity index (χ2v) is 8.58. The van der Waals surface area contributed by atoms with Gasteiger partial charge in [-0.1, -0.05) is 45.4 Å². The monoisotopic (exact) mass is 475 g/mol. The second kappa shape index (κ2) is 11.4. The van der Waals surface area contributed by atoms with Gasteiger partial charge in [0.15, 0.2) is 5.65 Å². The number of hydrogen-bond donors (Lipinski definition) is 2. The number of rotatable bonds is 5. The van der Waals surface area contributed by atoms with Gasteiger partial charge in [0.25, 0.3) is 12.3 Å². The van der Waals surface area contributed by atoms with E-state index < -0.39 is 18.0 Å². The largest absolute Gasteiger partial charge is 0.378 e. The number of carbonyl (C=O) groups is 1. The quantitative estimate of drug-likeness (QED) is 0.565. The van der Waals surface area contributed by atoms with Crippen molar-refractivity contribution in [2.45, 2.75) is 51.9 Å². The summed E-state index contributed by atoms with van der Waals surface area (Å²) in [5.41, 5.74) is 0.000539. The molecular formula is C23H31F2N7O2. The third-order valence-corrected chi connectivity index (χ3v) is 6.37. The highest BCUT2D eigenvalue weighted by molar-refractivity contribution is 6.08. The van der Waals surface area contributed by atoms with Gasteiger partial charge in [0.1, 0.15) is 17.1 Å². The van der Waals surface area contributed by atoms with Crippen LogP contribution in [-0.2, 0) is 4.74 Å². The summed E-state index contributed by atoms with van der Waals surface area (Å²) in [6.07, 6.45) is 10.3. The van der Waals surface area contributed by atoms with Gasteiger partial charge in [0.05, 0.1) is 31.3 Å². The minimum atomic E-state index is -2.78. The van der Waals surface area contributed by atoms with Gasteiger partial charge in [0.2, 0.25) is 0 Å². The van der Waals surface area contributed by atoms with Crippen LogP contribution in [0.2, 0.25) is 0 Å². The summed E-state index contributed by atoms with van der Waals surface area (Å²) in [6.45, 7) is 4.93. The Morgan fingerprint density at radius 1 is 1.24 bits per heavy atom. The SMILES string of the molecule is CCC1CCCCC1.O=C(Nc1cn[nH]c1C(F)F)c1cnn2ccc(N3CCOCC3)nc12. The molecule has 1 amide bonds. The standard InChI is InChI=1S/C15H15F2N7O2.C8H16/c16-13(17)12-10(8-18-22-12)20-15(25)9-7-19-24-2-1-11(21-14(9)24)23-3-5-26-6-4-23;1-2-8-6-4-3-5-7-8/h1-2,7-8,13H,3-6H2,(H,18,22)(H,20,25);8H,2-7H2,1H3. The van der Waals surface area contributed by atoms with Crippen molar-refractivity contribution in [3.63, 3.8) is 0 Å². The first-order valence-corrected chi connectivity index (χ1v) is 11.9. The molecule has 34 heavy (non-hydrogen) atoms. The Hall–Kier alpha value is -3.08. The van der Waals surface area contributed by atoms with E-state index in [0.29, 0.717) is 37.8 Å². The van der Waals surface area contributed by atoms with Crippen LogP contribution in [0.5, 0.6) is 0 Å². The fraction of sp³-hybridized carbons (Fsp3) is 0.565. The molecule has 9 nitrogen and oxygen atoms in total. The molecule has 0 spiro atoms. The predicted molar refractivity (Wildman–Crippen MR) is 124 cm³/mol. The van der Waals surface area contributed by atoms with E-state index in [2.05, 4.69) is 32.5 Å². The molecule has 4 heterocycles. The smallest absolute Gasteiger partial charge is 0.281 e. The number of nitrogens with one attached hydrogen (secondary N) is 2. The lowest BCUT2D eigenvalue weighted by Gasteiger charge is -2.27. The highest BCUT2D eigenvalue weighted by atomic mass is 19.3. The number of carbonyl (C=O) groups excluding carboxylic acids is 1. The van der Waals surface area contributed by atoms with Gasteiger partial charge in [-0.15, -0.1) is 0 Å². The number of amides is 1. The Morgan fingerprint density at radius 2 is 2.00 bits per heavy atom. The molecule has 184 valence electrons. The van der Waals surface area contributed by atoms with Crippen molar-refractivity contribution in [2.75, 3.05) is 36.5 Å². The van der Waals surface area contributed by atoms with Crippen molar-refractivity contribution >= 4 is 23.1 Å². The molecule has 2 fully saturated rings. The van der Waals surface area contributed by atoms with E-state index in [4.69, 9.17) is 4.74 Å². The van der Waals surface area contributed by atoms with E-state index in [0.717, 1.165) is 12.1 Å². The van der Waals surface area contributed by atoms with Gasteiger partial charge in [-0.25, -0.2) is 18.3 Å². The lowest BCUT2D eigenvalue weighted by molar-refractivity contribution is 0.102. The maximum Gasteiger partial charge on any atom is 0.281 e. The van der Waals surface area contributed by atoms with Crippen LogP contribution in [0.1, 0.15) is 67.9 Å². The van der Waals surface area contributed by atoms with Crippen LogP contribution in [0.15, 0.2) is 24.7 Å². The van der Waals surface area contributed by atoms with Gasteiger partial charge in [-0.3, -0.25) is 9.89 Å². The average Bonchev–Trinajstić information content (AvgIpc) is 3.52. The van der Waals surface area contributed by atoms with Gasteiger partial charge < -0.3 is 15.0 Å². The Labute approximate surface area is 196 Å². The van der Waals surface area contributed by atoms with Gasteiger partial charge in [0, 0.05) is 19.3 Å². The first kappa shape index (κ1) is 24.1. The number of ether oxygens (including phenoxy) is 1. The molecule has 1 saturated carbocycles. The van der Waals surface area contributed by atoms with Crippen LogP contribution in [0.25, 0.3) is 5.65 Å². The summed E-state index contributed by atoms with van der Waals surface area (Å²) in [4.78, 5) is 19.1. The van der Waals surface area contributed by atoms with Crippen molar-refractivity contribution in [1.82, 2.24) is 24.8 Å². The first-order valence-electron chi connectivity index (χ1n) is 11.9. The summed E-state index contributed by atoms with van der Waals surface area (Å²) in [5.74, 6) is 1.20. The third-order valence-electron chi connectivity index (χ3n) is 6.37. The number of H-pyrrole nitrogens is 1. The zero-order chi connectivity index (χ0) is 23.9. The van der Waals surface area contributed by atoms with E-state index in [1.807, 2.05) is 4.90 Å². The fourth-order valence-electron chi connectivity index (χ4n) is 4.34. The molecule has 1 aliphatic carbocycles. The maximum atomic E-state index is 12.9. The second-order valence-electron chi connectivity index (χ2n) is 8.58. The van der Waals surface area contributed by atoms with E-state index in [1.165, 1.54) is 49.2 Å². The molecule has 0 radical (unpaired) electrons. The molecule has 11 heteroatoms. The van der Waals surface area contributed by atoms with E-state index >= 15 is 0 Å². The summed E-state index contributed by atoms with van der Waals surface area (Å²) in [7, 11) is 0. The van der Waals surface area contributed by atoms with Crippen LogP contribution in [0.3, 0.4) is 0 Å². The maximum absolute atomic E-state index is 12.9. The third kappa shape index (κ3) is 5.69. The van der Waals surface area contributed by atoms with Crippen LogP contribution in [0, 0.1) is 5.92 Å². The van der Waals surface area contributed by atoms with E-state index in [9.17, 15) is 13.6 Å². The number of anilines is 2. The average molecular weight is 476 g/mol. The molecule has 0 atom stereocenters. The van der Waals surface area contributed by atoms with Crippen molar-refractivity contribution in [1.29, 1.82) is 0 Å². The normalized spacial score (nSPS) is 17.0. The number of nitrogens with zero attached hydrogens (tertiary/aromatic N) is 5. The zero-order valence-corrected chi connectivity index (χ0v) is 19.3. The van der Waals surface area contributed by atoms with Crippen LogP contribution in [-0.4, -0.2) is 57.0 Å². The molecule has 1 saturated heterocycles. The highest BCUT2D eigenvalue weighted by Crippen LogP contribution is 2.26. The van der Waals surface area contributed by atoms with E-state index in [-0.39, 0.29) is 11.3 Å². The lowest BCUT2D eigenvalue weighted by atomic mass is 9.88. The Balaban J connectivity index is 0.000000291. The number of fused-ring (bicyclic) bond motifs is 1. The molecule has 2 N–H and O–H groups in total. The summed E-state index contributed by atoms with van der Waals surface area (Å²) in [6, 6.07) is 1.80. The predicted octanol–water partition coefficient (Wildman–Crippen LogP) is 4.46. The molecule has 3 aromatic heterocycles. The molecule has 0 bridgehead atoms. The summed E-state index contributed by atoms with van der Waals surface area (Å²) in [5, 5.41) is 12.2. The molecule has 0 unspecified atom stereocenters. The fourth-order valence-corrected chi connectivity index (χ4v) is 4.34. The number of alkyl halides is 2. The van der Waals surface area contributed by atoms with Crippen molar-refractivity contribution in [2.24, 2.45) is 5.92 Å². The van der Waals surface area contributed by atoms with Gasteiger partial charge >= 0.3 is 0 Å². The van der Waals surface area contributed by atoms with Gasteiger partial charge in [-0.05, 0) is 12.0 Å². The molecule has 0 aromatic carbocycles. The van der Waals surface area contributed by atoms with Crippen molar-refractivity contribution in [3.05, 3.63) is 35.9 Å². The number of hydrogen-bond acceptors (Lipinski definition) is 6. The number of aromatic amines is 1. The molecule has 3 aromatic rings. The Kier molecular flexibility index (Phi) is 8.04. The molecule has 1 aliphatic heterocycles. The number of morpholine rings is 1. The molecule has 5 rings (SSSR count). The van der Waals surface area contributed by atoms with Crippen molar-refractivity contribution in [3.8, 4) is 0 Å². The Bertz CT molecular complexity index is 1070.